The van der Waals surface area contributed by atoms with Gasteiger partial charge in [0.1, 0.15) is 0 Å². The van der Waals surface area contributed by atoms with Gasteiger partial charge >= 0.3 is 0 Å². The summed E-state index contributed by atoms with van der Waals surface area (Å²) < 4.78 is 0.909. The van der Waals surface area contributed by atoms with Crippen LogP contribution in [0, 0.1) is 0 Å². The molecule has 1 atom stereocenters. The van der Waals surface area contributed by atoms with Crippen LogP contribution >= 0.6 is 39.1 Å². The van der Waals surface area contributed by atoms with Crippen molar-refractivity contribution in [1.82, 2.24) is 4.98 Å². The Kier molecular flexibility index (Phi) is 4.62. The molecule has 18 heavy (non-hydrogen) atoms. The van der Waals surface area contributed by atoms with Crippen LogP contribution in [0.3, 0.4) is 0 Å². The minimum Gasteiger partial charge on any atom is -0.388 e. The number of aliphatic hydroxyl groups is 1. The topological polar surface area (TPSA) is 33.1 Å². The number of nitrogens with zero attached hydrogens (tertiary/aromatic N) is 1. The number of aromatic nitrogens is 1. The van der Waals surface area contributed by atoms with Gasteiger partial charge in [-0.3, -0.25) is 4.98 Å². The fraction of sp³-hybridized carbons (Fsp3) is 0.154. The van der Waals surface area contributed by atoms with E-state index >= 15 is 0 Å². The summed E-state index contributed by atoms with van der Waals surface area (Å²) in [5.74, 6) is 0. The van der Waals surface area contributed by atoms with E-state index in [1.807, 2.05) is 12.1 Å². The first kappa shape index (κ1) is 13.8. The SMILES string of the molecule is OC(Cc1ccc(Br)cn1)c1cc(Cl)cc(Cl)c1. The summed E-state index contributed by atoms with van der Waals surface area (Å²) in [6.45, 7) is 0. The second-order valence-electron chi connectivity index (χ2n) is 3.89. The van der Waals surface area contributed by atoms with E-state index in [1.54, 1.807) is 24.4 Å². The maximum absolute atomic E-state index is 10.1. The summed E-state index contributed by atoms with van der Waals surface area (Å²) in [6, 6.07) is 8.80. The van der Waals surface area contributed by atoms with Crippen molar-refractivity contribution in [3.63, 3.8) is 0 Å². The van der Waals surface area contributed by atoms with Crippen molar-refractivity contribution < 1.29 is 5.11 Å². The molecule has 0 spiro atoms. The van der Waals surface area contributed by atoms with Crippen LogP contribution < -0.4 is 0 Å². The number of halogens is 3. The predicted molar refractivity (Wildman–Crippen MR) is 77.1 cm³/mol. The summed E-state index contributed by atoms with van der Waals surface area (Å²) in [6.07, 6.45) is 1.45. The van der Waals surface area contributed by atoms with Crippen molar-refractivity contribution in [3.8, 4) is 0 Å². The third-order valence-corrected chi connectivity index (χ3v) is 3.37. The lowest BCUT2D eigenvalue weighted by Crippen LogP contribution is -2.03. The molecule has 0 aliphatic carbocycles. The van der Waals surface area contributed by atoms with Gasteiger partial charge in [-0.25, -0.2) is 0 Å². The average molecular weight is 347 g/mol. The Morgan fingerprint density at radius 2 is 1.83 bits per heavy atom. The van der Waals surface area contributed by atoms with Crippen molar-refractivity contribution in [1.29, 1.82) is 0 Å². The molecule has 0 amide bonds. The highest BCUT2D eigenvalue weighted by atomic mass is 79.9. The molecule has 1 unspecified atom stereocenters. The number of aliphatic hydroxyl groups excluding tert-OH is 1. The summed E-state index contributed by atoms with van der Waals surface area (Å²) in [5.41, 5.74) is 1.50. The fourth-order valence-corrected chi connectivity index (χ4v) is 2.39. The number of hydrogen-bond donors (Lipinski definition) is 1. The molecular weight excluding hydrogens is 337 g/mol. The third kappa shape index (κ3) is 3.69. The molecule has 5 heteroatoms. The Bertz CT molecular complexity index is 525. The third-order valence-electron chi connectivity index (χ3n) is 2.46. The van der Waals surface area contributed by atoms with E-state index in [0.29, 0.717) is 22.0 Å². The van der Waals surface area contributed by atoms with Gasteiger partial charge in [-0.2, -0.15) is 0 Å². The highest BCUT2D eigenvalue weighted by Crippen LogP contribution is 2.25. The molecule has 2 nitrogen and oxygen atoms in total. The maximum atomic E-state index is 10.1. The molecular formula is C13H10BrCl2NO. The zero-order chi connectivity index (χ0) is 13.1. The van der Waals surface area contributed by atoms with Gasteiger partial charge in [0.25, 0.3) is 0 Å². The minimum atomic E-state index is -0.671. The van der Waals surface area contributed by atoms with Gasteiger partial charge < -0.3 is 5.11 Å². The molecule has 1 heterocycles. The molecule has 0 bridgehead atoms. The van der Waals surface area contributed by atoms with E-state index in [1.165, 1.54) is 0 Å². The summed E-state index contributed by atoms with van der Waals surface area (Å²) >= 11 is 15.1. The van der Waals surface area contributed by atoms with Gasteiger partial charge in [-0.1, -0.05) is 23.2 Å². The number of pyridine rings is 1. The monoisotopic (exact) mass is 345 g/mol. The largest absolute Gasteiger partial charge is 0.388 e. The summed E-state index contributed by atoms with van der Waals surface area (Å²) in [7, 11) is 0. The summed E-state index contributed by atoms with van der Waals surface area (Å²) in [5, 5.41) is 11.2. The van der Waals surface area contributed by atoms with Crippen molar-refractivity contribution in [3.05, 3.63) is 62.3 Å². The minimum absolute atomic E-state index is 0.421. The van der Waals surface area contributed by atoms with E-state index in [9.17, 15) is 5.11 Å². The van der Waals surface area contributed by atoms with Gasteiger partial charge in [0.2, 0.25) is 0 Å². The lowest BCUT2D eigenvalue weighted by Gasteiger charge is -2.11. The molecule has 0 saturated heterocycles. The van der Waals surface area contributed by atoms with Crippen LogP contribution in [0.25, 0.3) is 0 Å². The molecule has 0 aliphatic heterocycles. The van der Waals surface area contributed by atoms with Crippen molar-refractivity contribution in [2.75, 3.05) is 0 Å². The number of hydrogen-bond acceptors (Lipinski definition) is 2. The second kappa shape index (κ2) is 6.02. The van der Waals surface area contributed by atoms with Crippen LogP contribution in [0.2, 0.25) is 10.0 Å². The zero-order valence-electron chi connectivity index (χ0n) is 9.28. The first-order valence-corrected chi connectivity index (χ1v) is 6.84. The van der Waals surface area contributed by atoms with Gasteiger partial charge in [0, 0.05) is 32.8 Å². The van der Waals surface area contributed by atoms with Crippen LogP contribution in [-0.4, -0.2) is 10.1 Å². The van der Waals surface area contributed by atoms with Crippen molar-refractivity contribution >= 4 is 39.1 Å². The Balaban J connectivity index is 2.16. The molecule has 2 aromatic rings. The molecule has 0 fully saturated rings. The maximum Gasteiger partial charge on any atom is 0.0846 e. The van der Waals surface area contributed by atoms with Crippen LogP contribution in [0.4, 0.5) is 0 Å². The zero-order valence-corrected chi connectivity index (χ0v) is 12.4. The highest BCUT2D eigenvalue weighted by Gasteiger charge is 2.11. The van der Waals surface area contributed by atoms with E-state index in [2.05, 4.69) is 20.9 Å². The van der Waals surface area contributed by atoms with E-state index in [0.717, 1.165) is 10.2 Å². The number of benzene rings is 1. The van der Waals surface area contributed by atoms with Gasteiger partial charge in [0.05, 0.1) is 6.10 Å². The average Bonchev–Trinajstić information content (AvgIpc) is 2.31. The first-order chi connectivity index (χ1) is 8.54. The number of rotatable bonds is 3. The molecule has 1 aromatic carbocycles. The highest BCUT2D eigenvalue weighted by molar-refractivity contribution is 9.10. The Morgan fingerprint density at radius 3 is 2.39 bits per heavy atom. The van der Waals surface area contributed by atoms with E-state index in [-0.39, 0.29) is 0 Å². The fourth-order valence-electron chi connectivity index (χ4n) is 1.61. The molecule has 2 rings (SSSR count). The second-order valence-corrected chi connectivity index (χ2v) is 5.68. The van der Waals surface area contributed by atoms with Crippen molar-refractivity contribution in [2.24, 2.45) is 0 Å². The lowest BCUT2D eigenvalue weighted by molar-refractivity contribution is 0.177. The quantitative estimate of drug-likeness (QED) is 0.891. The smallest absolute Gasteiger partial charge is 0.0846 e. The van der Waals surface area contributed by atoms with Gasteiger partial charge in [-0.05, 0) is 51.8 Å². The molecule has 94 valence electrons. The molecule has 0 saturated carbocycles. The first-order valence-electron chi connectivity index (χ1n) is 5.29. The Labute approximate surface area is 124 Å². The molecule has 1 N–H and O–H groups in total. The molecule has 0 aliphatic rings. The van der Waals surface area contributed by atoms with Gasteiger partial charge in [0.15, 0.2) is 0 Å². The Morgan fingerprint density at radius 1 is 1.17 bits per heavy atom. The standard InChI is InChI=1S/C13H10BrCl2NO/c14-9-1-2-12(17-7-9)6-13(18)8-3-10(15)5-11(16)4-8/h1-5,7,13,18H,6H2. The van der Waals surface area contributed by atoms with Crippen molar-refractivity contribution in [2.45, 2.75) is 12.5 Å². The lowest BCUT2D eigenvalue weighted by atomic mass is 10.0. The van der Waals surface area contributed by atoms with Crippen LogP contribution in [0.5, 0.6) is 0 Å². The van der Waals surface area contributed by atoms with Crippen LogP contribution in [-0.2, 0) is 6.42 Å². The summed E-state index contributed by atoms with van der Waals surface area (Å²) in [4.78, 5) is 4.22. The normalized spacial score (nSPS) is 12.4. The Hall–Kier alpha value is -0.610. The van der Waals surface area contributed by atoms with E-state index < -0.39 is 6.10 Å². The van der Waals surface area contributed by atoms with Crippen LogP contribution in [0.1, 0.15) is 17.4 Å². The van der Waals surface area contributed by atoms with Crippen LogP contribution in [0.15, 0.2) is 41.0 Å². The predicted octanol–water partition coefficient (Wildman–Crippen LogP) is 4.43. The van der Waals surface area contributed by atoms with Gasteiger partial charge in [-0.15, -0.1) is 0 Å². The molecule has 0 radical (unpaired) electrons. The molecule has 1 aromatic heterocycles. The van der Waals surface area contributed by atoms with E-state index in [4.69, 9.17) is 23.2 Å².